The van der Waals surface area contributed by atoms with Gasteiger partial charge in [0, 0.05) is 17.8 Å². The zero-order valence-electron chi connectivity index (χ0n) is 11.5. The summed E-state index contributed by atoms with van der Waals surface area (Å²) in [4.78, 5) is 0.0384. The number of sulfonamides is 1. The lowest BCUT2D eigenvalue weighted by molar-refractivity contribution is 0.594. The molecule has 0 aromatic heterocycles. The molecule has 7 heteroatoms. The van der Waals surface area contributed by atoms with Crippen LogP contribution >= 0.6 is 27.5 Å². The monoisotopic (exact) mass is 388 g/mol. The minimum absolute atomic E-state index is 0.0384. The molecule has 0 amide bonds. The molecular formula is C14H14BrClN2O2S. The Balaban J connectivity index is 2.57. The van der Waals surface area contributed by atoms with Crippen LogP contribution in [0.15, 0.2) is 45.8 Å². The Kier molecular flexibility index (Phi) is 4.51. The molecule has 112 valence electrons. The molecule has 0 aliphatic carbocycles. The van der Waals surface area contributed by atoms with Gasteiger partial charge in [0.2, 0.25) is 0 Å². The summed E-state index contributed by atoms with van der Waals surface area (Å²) in [5.74, 6) is 0. The molecule has 2 N–H and O–H groups in total. The molecule has 0 atom stereocenters. The summed E-state index contributed by atoms with van der Waals surface area (Å²) >= 11 is 9.14. The zero-order chi connectivity index (χ0) is 15.8. The predicted molar refractivity (Wildman–Crippen MR) is 90.3 cm³/mol. The fourth-order valence-corrected chi connectivity index (χ4v) is 4.32. The largest absolute Gasteiger partial charge is 0.398 e. The molecule has 21 heavy (non-hydrogen) atoms. The first kappa shape index (κ1) is 16.1. The molecule has 0 fully saturated rings. The Bertz CT molecular complexity index is 794. The Hall–Kier alpha value is -1.24. The normalized spacial score (nSPS) is 11.4. The second-order valence-corrected chi connectivity index (χ2v) is 7.79. The highest BCUT2D eigenvalue weighted by molar-refractivity contribution is 9.10. The van der Waals surface area contributed by atoms with E-state index in [0.717, 1.165) is 5.56 Å². The first-order valence-electron chi connectivity index (χ1n) is 6.03. The predicted octanol–water partition coefficient (Wildman–Crippen LogP) is 3.82. The van der Waals surface area contributed by atoms with E-state index in [1.54, 1.807) is 18.2 Å². The van der Waals surface area contributed by atoms with Gasteiger partial charge in [0.25, 0.3) is 10.0 Å². The number of nitrogens with two attached hydrogens (primary N) is 1. The standard InChI is InChI=1S/C14H14BrClN2O2S/c1-9-4-3-5-11(6-9)18(2)21(19,20)13-8-10(16)7-12(17)14(13)15/h3-8H,17H2,1-2H3. The average molecular weight is 390 g/mol. The number of aryl methyl sites for hydroxylation is 1. The van der Waals surface area contributed by atoms with E-state index in [2.05, 4.69) is 15.9 Å². The Morgan fingerprint density at radius 1 is 1.24 bits per heavy atom. The topological polar surface area (TPSA) is 63.4 Å². The molecule has 0 saturated carbocycles. The van der Waals surface area contributed by atoms with Crippen LogP contribution in [0.4, 0.5) is 11.4 Å². The first-order chi connectivity index (χ1) is 9.73. The smallest absolute Gasteiger partial charge is 0.265 e. The van der Waals surface area contributed by atoms with Crippen LogP contribution < -0.4 is 10.0 Å². The van der Waals surface area contributed by atoms with Crippen molar-refractivity contribution in [1.29, 1.82) is 0 Å². The van der Waals surface area contributed by atoms with E-state index in [1.165, 1.54) is 23.5 Å². The second-order valence-electron chi connectivity index (χ2n) is 4.62. The summed E-state index contributed by atoms with van der Waals surface area (Å²) in [6.45, 7) is 1.90. The van der Waals surface area contributed by atoms with Crippen molar-refractivity contribution >= 4 is 48.9 Å². The van der Waals surface area contributed by atoms with Crippen molar-refractivity contribution in [1.82, 2.24) is 0 Å². The minimum Gasteiger partial charge on any atom is -0.398 e. The number of nitrogens with zero attached hydrogens (tertiary/aromatic N) is 1. The van der Waals surface area contributed by atoms with Gasteiger partial charge in [-0.05, 0) is 52.7 Å². The lowest BCUT2D eigenvalue weighted by Gasteiger charge is -2.21. The third kappa shape index (κ3) is 3.17. The minimum atomic E-state index is -3.76. The number of rotatable bonds is 3. The molecule has 4 nitrogen and oxygen atoms in total. The number of hydrogen-bond acceptors (Lipinski definition) is 3. The van der Waals surface area contributed by atoms with E-state index >= 15 is 0 Å². The maximum absolute atomic E-state index is 12.8. The van der Waals surface area contributed by atoms with Crippen LogP contribution in [0, 0.1) is 6.92 Å². The van der Waals surface area contributed by atoms with Crippen molar-refractivity contribution in [2.24, 2.45) is 0 Å². The van der Waals surface area contributed by atoms with Crippen molar-refractivity contribution < 1.29 is 8.42 Å². The fourth-order valence-electron chi connectivity index (χ4n) is 1.88. The molecule has 0 unspecified atom stereocenters. The number of anilines is 2. The fraction of sp³-hybridized carbons (Fsp3) is 0.143. The lowest BCUT2D eigenvalue weighted by Crippen LogP contribution is -2.27. The molecule has 2 aromatic rings. The SMILES string of the molecule is Cc1cccc(N(C)S(=O)(=O)c2cc(Cl)cc(N)c2Br)c1. The summed E-state index contributed by atoms with van der Waals surface area (Å²) in [5, 5.41) is 0.270. The average Bonchev–Trinajstić information content (AvgIpc) is 2.41. The summed E-state index contributed by atoms with van der Waals surface area (Å²) in [7, 11) is -2.27. The molecule has 0 heterocycles. The van der Waals surface area contributed by atoms with Crippen LogP contribution in [0.2, 0.25) is 5.02 Å². The first-order valence-corrected chi connectivity index (χ1v) is 8.64. The van der Waals surface area contributed by atoms with Crippen LogP contribution in [0.3, 0.4) is 0 Å². The van der Waals surface area contributed by atoms with Gasteiger partial charge in [-0.15, -0.1) is 0 Å². The number of halogens is 2. The van der Waals surface area contributed by atoms with E-state index in [-0.39, 0.29) is 15.6 Å². The van der Waals surface area contributed by atoms with Gasteiger partial charge >= 0.3 is 0 Å². The van der Waals surface area contributed by atoms with Crippen molar-refractivity contribution in [3.05, 3.63) is 51.5 Å². The van der Waals surface area contributed by atoms with Crippen molar-refractivity contribution in [3.8, 4) is 0 Å². The molecule has 2 aromatic carbocycles. The van der Waals surface area contributed by atoms with E-state index in [4.69, 9.17) is 17.3 Å². The van der Waals surface area contributed by atoms with Crippen LogP contribution in [0.1, 0.15) is 5.56 Å². The van der Waals surface area contributed by atoms with E-state index in [0.29, 0.717) is 10.2 Å². The molecule has 0 radical (unpaired) electrons. The van der Waals surface area contributed by atoms with E-state index in [9.17, 15) is 8.42 Å². The second kappa shape index (κ2) is 5.87. The quantitative estimate of drug-likeness (QED) is 0.812. The van der Waals surface area contributed by atoms with Gasteiger partial charge in [-0.25, -0.2) is 8.42 Å². The molecule has 0 spiro atoms. The number of nitrogen functional groups attached to an aromatic ring is 1. The maximum atomic E-state index is 12.8. The van der Waals surface area contributed by atoms with Gasteiger partial charge in [0.15, 0.2) is 0 Å². The van der Waals surface area contributed by atoms with Gasteiger partial charge in [0.1, 0.15) is 4.90 Å². The highest BCUT2D eigenvalue weighted by Crippen LogP contribution is 2.34. The maximum Gasteiger partial charge on any atom is 0.265 e. The van der Waals surface area contributed by atoms with E-state index < -0.39 is 10.0 Å². The van der Waals surface area contributed by atoms with Gasteiger partial charge in [-0.3, -0.25) is 4.31 Å². The van der Waals surface area contributed by atoms with Gasteiger partial charge in [-0.1, -0.05) is 23.7 Å². The van der Waals surface area contributed by atoms with Gasteiger partial charge in [-0.2, -0.15) is 0 Å². The molecule has 2 rings (SSSR count). The summed E-state index contributed by atoms with van der Waals surface area (Å²) < 4.78 is 27.0. The molecular weight excluding hydrogens is 376 g/mol. The molecule has 0 saturated heterocycles. The molecule has 0 aliphatic heterocycles. The van der Waals surface area contributed by atoms with Crippen LogP contribution in [-0.2, 0) is 10.0 Å². The van der Waals surface area contributed by atoms with Crippen molar-refractivity contribution in [3.63, 3.8) is 0 Å². The van der Waals surface area contributed by atoms with E-state index in [1.807, 2.05) is 13.0 Å². The highest BCUT2D eigenvalue weighted by Gasteiger charge is 2.25. The third-order valence-corrected chi connectivity index (χ3v) is 6.21. The van der Waals surface area contributed by atoms with Crippen molar-refractivity contribution in [2.45, 2.75) is 11.8 Å². The van der Waals surface area contributed by atoms with Crippen molar-refractivity contribution in [2.75, 3.05) is 17.1 Å². The zero-order valence-corrected chi connectivity index (χ0v) is 14.6. The Morgan fingerprint density at radius 2 is 1.90 bits per heavy atom. The third-order valence-electron chi connectivity index (χ3n) is 3.04. The Morgan fingerprint density at radius 3 is 2.52 bits per heavy atom. The van der Waals surface area contributed by atoms with Crippen LogP contribution in [-0.4, -0.2) is 15.5 Å². The number of benzene rings is 2. The summed E-state index contributed by atoms with van der Waals surface area (Å²) in [6.07, 6.45) is 0. The lowest BCUT2D eigenvalue weighted by atomic mass is 10.2. The Labute approximate surface area is 137 Å². The van der Waals surface area contributed by atoms with Gasteiger partial charge < -0.3 is 5.73 Å². The molecule has 0 bridgehead atoms. The summed E-state index contributed by atoms with van der Waals surface area (Å²) in [6, 6.07) is 10.1. The molecule has 0 aliphatic rings. The summed E-state index contributed by atoms with van der Waals surface area (Å²) in [5.41, 5.74) is 7.58. The van der Waals surface area contributed by atoms with Crippen LogP contribution in [0.5, 0.6) is 0 Å². The highest BCUT2D eigenvalue weighted by atomic mass is 79.9. The number of hydrogen-bond donors (Lipinski definition) is 1. The van der Waals surface area contributed by atoms with Crippen LogP contribution in [0.25, 0.3) is 0 Å². The van der Waals surface area contributed by atoms with Gasteiger partial charge in [0.05, 0.1) is 10.2 Å².